The molecular weight excluding hydrogens is 230 g/mol. The van der Waals surface area contributed by atoms with E-state index in [0.29, 0.717) is 5.82 Å². The van der Waals surface area contributed by atoms with Gasteiger partial charge in [0, 0.05) is 5.54 Å². The first-order valence-electron chi connectivity index (χ1n) is 2.52. The third-order valence-corrected chi connectivity index (χ3v) is 2.20. The number of halogens is 4. The Kier molecular flexibility index (Phi) is 3.07. The van der Waals surface area contributed by atoms with Crippen LogP contribution in [0.15, 0.2) is 5.54 Å². The zero-order valence-electron chi connectivity index (χ0n) is 5.04. The van der Waals surface area contributed by atoms with Crippen molar-refractivity contribution in [3.05, 3.63) is 21.7 Å². The molecule has 1 aromatic rings. The van der Waals surface area contributed by atoms with E-state index in [1.807, 2.05) is 0 Å². The Morgan fingerprint density at radius 2 is 2.09 bits per heavy atom. The highest BCUT2D eigenvalue weighted by Gasteiger charge is 2.07. The fraction of sp³-hybridized carbons (Fsp3) is 0. The van der Waals surface area contributed by atoms with Crippen molar-refractivity contribution in [3.8, 4) is 0 Å². The summed E-state index contributed by atoms with van der Waals surface area (Å²) in [5.41, 5.74) is 1.17. The number of H-pyrrole nitrogens is 1. The molecule has 0 amide bonds. The quantitative estimate of drug-likeness (QED) is 0.788. The van der Waals surface area contributed by atoms with Crippen LogP contribution in [0.4, 0.5) is 0 Å². The standard InChI is InChI=1S/C5H2Cl4N2/c6-1-2(7)5-10-3(8)4(9)11-5/h1H,(H,10,11). The summed E-state index contributed by atoms with van der Waals surface area (Å²) in [4.78, 5) is 6.41. The van der Waals surface area contributed by atoms with Crippen LogP contribution in [-0.2, 0) is 0 Å². The van der Waals surface area contributed by atoms with Crippen LogP contribution in [0.2, 0.25) is 10.3 Å². The summed E-state index contributed by atoms with van der Waals surface area (Å²) in [7, 11) is 0. The van der Waals surface area contributed by atoms with Gasteiger partial charge in [0.15, 0.2) is 11.0 Å². The minimum absolute atomic E-state index is 0.179. The first-order valence-corrected chi connectivity index (χ1v) is 4.09. The average molecular weight is 232 g/mol. The predicted octanol–water partition coefficient (Wildman–Crippen LogP) is 3.49. The van der Waals surface area contributed by atoms with Crippen LogP contribution in [0, 0.1) is 0 Å². The molecule has 1 aromatic heterocycles. The highest BCUT2D eigenvalue weighted by Crippen LogP contribution is 2.24. The van der Waals surface area contributed by atoms with E-state index in [4.69, 9.17) is 46.4 Å². The molecule has 2 nitrogen and oxygen atoms in total. The van der Waals surface area contributed by atoms with Crippen molar-refractivity contribution < 1.29 is 0 Å². The highest BCUT2D eigenvalue weighted by atomic mass is 35.5. The molecule has 60 valence electrons. The molecular formula is C5H2Cl4N2. The third kappa shape index (κ3) is 2.03. The Morgan fingerprint density at radius 1 is 1.45 bits per heavy atom. The zero-order chi connectivity index (χ0) is 8.43. The fourth-order valence-electron chi connectivity index (χ4n) is 0.496. The number of aromatic nitrogens is 2. The molecule has 11 heavy (non-hydrogen) atoms. The van der Waals surface area contributed by atoms with Crippen molar-refractivity contribution in [3.63, 3.8) is 0 Å². The van der Waals surface area contributed by atoms with E-state index in [1.54, 1.807) is 0 Å². The summed E-state index contributed by atoms with van der Waals surface area (Å²) >= 11 is 22.0. The fourth-order valence-corrected chi connectivity index (χ4v) is 0.952. The molecule has 0 aliphatic rings. The third-order valence-electron chi connectivity index (χ3n) is 0.941. The molecule has 0 spiro atoms. The maximum atomic E-state index is 5.59. The molecule has 1 N–H and O–H groups in total. The van der Waals surface area contributed by atoms with Crippen molar-refractivity contribution in [1.29, 1.82) is 0 Å². The Morgan fingerprint density at radius 3 is 2.45 bits per heavy atom. The maximum Gasteiger partial charge on any atom is 0.166 e. The van der Waals surface area contributed by atoms with E-state index in [2.05, 4.69) is 9.97 Å². The Hall–Kier alpha value is 0.110. The number of nitrogens with zero attached hydrogens (tertiary/aromatic N) is 1. The molecule has 1 heterocycles. The summed E-state index contributed by atoms with van der Waals surface area (Å²) in [5, 5.41) is 0.692. The zero-order valence-corrected chi connectivity index (χ0v) is 8.06. The summed E-state index contributed by atoms with van der Waals surface area (Å²) < 4.78 is 0. The Labute approximate surface area is 83.1 Å². The number of hydrogen-bond acceptors (Lipinski definition) is 1. The monoisotopic (exact) mass is 230 g/mol. The molecule has 0 atom stereocenters. The molecule has 0 fully saturated rings. The number of rotatable bonds is 1. The van der Waals surface area contributed by atoms with Gasteiger partial charge in [-0.3, -0.25) is 0 Å². The van der Waals surface area contributed by atoms with Gasteiger partial charge in [0.25, 0.3) is 0 Å². The van der Waals surface area contributed by atoms with Gasteiger partial charge in [-0.15, -0.1) is 0 Å². The van der Waals surface area contributed by atoms with Gasteiger partial charge in [0.1, 0.15) is 5.15 Å². The van der Waals surface area contributed by atoms with Crippen LogP contribution in [0.25, 0.3) is 5.03 Å². The van der Waals surface area contributed by atoms with Crippen LogP contribution < -0.4 is 0 Å². The second kappa shape index (κ2) is 3.68. The molecule has 1 rings (SSSR count). The number of aromatic amines is 1. The van der Waals surface area contributed by atoms with Gasteiger partial charge in [0.05, 0.1) is 5.03 Å². The number of nitrogens with one attached hydrogen (secondary N) is 1. The van der Waals surface area contributed by atoms with Gasteiger partial charge in [-0.25, -0.2) is 4.98 Å². The lowest BCUT2D eigenvalue weighted by atomic mass is 10.6. The molecule has 0 aliphatic heterocycles. The highest BCUT2D eigenvalue weighted by molar-refractivity contribution is 6.52. The van der Waals surface area contributed by atoms with Crippen LogP contribution in [-0.4, -0.2) is 9.97 Å². The predicted molar refractivity (Wildman–Crippen MR) is 48.3 cm³/mol. The molecule has 6 heteroatoms. The van der Waals surface area contributed by atoms with Gasteiger partial charge in [0.2, 0.25) is 0 Å². The Balaban J connectivity index is 3.07. The second-order valence-corrected chi connectivity index (χ2v) is 3.01. The first-order chi connectivity index (χ1) is 5.15. The van der Waals surface area contributed by atoms with Crippen LogP contribution in [0.3, 0.4) is 0 Å². The van der Waals surface area contributed by atoms with E-state index in [1.165, 1.54) is 5.54 Å². The molecule has 0 unspecified atom stereocenters. The van der Waals surface area contributed by atoms with E-state index in [9.17, 15) is 0 Å². The van der Waals surface area contributed by atoms with Crippen molar-refractivity contribution in [2.45, 2.75) is 0 Å². The van der Waals surface area contributed by atoms with E-state index in [-0.39, 0.29) is 15.3 Å². The van der Waals surface area contributed by atoms with E-state index >= 15 is 0 Å². The maximum absolute atomic E-state index is 5.59. The van der Waals surface area contributed by atoms with Crippen LogP contribution >= 0.6 is 46.4 Å². The lowest BCUT2D eigenvalue weighted by Gasteiger charge is -1.86. The minimum Gasteiger partial charge on any atom is -0.327 e. The first kappa shape index (κ1) is 9.20. The van der Waals surface area contributed by atoms with Gasteiger partial charge >= 0.3 is 0 Å². The normalized spacial score (nSPS) is 12.2. The minimum atomic E-state index is 0.179. The smallest absolute Gasteiger partial charge is 0.166 e. The SMILES string of the molecule is ClC=C(Cl)c1nc(Cl)c(Cl)[nH]1. The lowest BCUT2D eigenvalue weighted by molar-refractivity contribution is 1.26. The largest absolute Gasteiger partial charge is 0.327 e. The molecule has 0 saturated heterocycles. The second-order valence-electron chi connectivity index (χ2n) is 1.65. The van der Waals surface area contributed by atoms with Crippen molar-refractivity contribution in [1.82, 2.24) is 9.97 Å². The van der Waals surface area contributed by atoms with Gasteiger partial charge in [-0.05, 0) is 0 Å². The topological polar surface area (TPSA) is 28.7 Å². The summed E-state index contributed by atoms with van der Waals surface area (Å²) in [6.07, 6.45) is 0. The summed E-state index contributed by atoms with van der Waals surface area (Å²) in [6, 6.07) is 0. The average Bonchev–Trinajstić information content (AvgIpc) is 2.31. The molecule has 0 bridgehead atoms. The molecule has 0 aliphatic carbocycles. The van der Waals surface area contributed by atoms with Crippen LogP contribution in [0.1, 0.15) is 5.82 Å². The summed E-state index contributed by atoms with van der Waals surface area (Å²) in [5.74, 6) is 0.358. The van der Waals surface area contributed by atoms with Gasteiger partial charge in [-0.2, -0.15) is 0 Å². The molecule has 0 radical (unpaired) electrons. The van der Waals surface area contributed by atoms with E-state index < -0.39 is 0 Å². The van der Waals surface area contributed by atoms with Crippen molar-refractivity contribution >= 4 is 51.4 Å². The van der Waals surface area contributed by atoms with Crippen LogP contribution in [0.5, 0.6) is 0 Å². The van der Waals surface area contributed by atoms with Gasteiger partial charge < -0.3 is 4.98 Å². The summed E-state index contributed by atoms with van der Waals surface area (Å²) in [6.45, 7) is 0. The van der Waals surface area contributed by atoms with Crippen molar-refractivity contribution in [2.75, 3.05) is 0 Å². The number of imidazole rings is 1. The molecule has 0 saturated carbocycles. The Bertz CT molecular complexity index is 271. The number of hydrogen-bond donors (Lipinski definition) is 1. The van der Waals surface area contributed by atoms with E-state index in [0.717, 1.165) is 0 Å². The lowest BCUT2D eigenvalue weighted by Crippen LogP contribution is -1.77. The van der Waals surface area contributed by atoms with Crippen molar-refractivity contribution in [2.24, 2.45) is 0 Å². The van der Waals surface area contributed by atoms with Gasteiger partial charge in [-0.1, -0.05) is 46.4 Å². The molecule has 0 aromatic carbocycles.